The van der Waals surface area contributed by atoms with E-state index >= 15 is 0 Å². The van der Waals surface area contributed by atoms with Crippen molar-refractivity contribution in [2.75, 3.05) is 13.7 Å². The first-order valence-electron chi connectivity index (χ1n) is 6.94. The van der Waals surface area contributed by atoms with Crippen LogP contribution < -0.4 is 11.1 Å². The topological polar surface area (TPSA) is 64.3 Å². The Hall–Kier alpha value is -1.10. The molecule has 0 saturated carbocycles. The highest BCUT2D eigenvalue weighted by molar-refractivity contribution is 5.85. The number of benzene rings is 1. The van der Waals surface area contributed by atoms with E-state index in [0.29, 0.717) is 13.0 Å². The molecule has 3 N–H and O–H groups in total. The van der Waals surface area contributed by atoms with Gasteiger partial charge in [-0.25, -0.2) is 0 Å². The Kier molecular flexibility index (Phi) is 8.55. The Bertz CT molecular complexity index is 418. The van der Waals surface area contributed by atoms with Crippen molar-refractivity contribution in [3.63, 3.8) is 0 Å². The first-order chi connectivity index (χ1) is 9.34. The molecule has 0 fully saturated rings. The van der Waals surface area contributed by atoms with Crippen LogP contribution in [0.2, 0.25) is 0 Å². The van der Waals surface area contributed by atoms with Gasteiger partial charge in [-0.3, -0.25) is 4.79 Å². The SMILES string of the molecule is COC(CNC(=O)[C@@H](N)Cc1ccccc1)C(C)(C)C.Cl. The maximum Gasteiger partial charge on any atom is 0.237 e. The second kappa shape index (κ2) is 9.03. The molecule has 4 nitrogen and oxygen atoms in total. The lowest BCUT2D eigenvalue weighted by atomic mass is 9.89. The number of hydrogen-bond acceptors (Lipinski definition) is 3. The van der Waals surface area contributed by atoms with E-state index in [9.17, 15) is 4.79 Å². The summed E-state index contributed by atoms with van der Waals surface area (Å²) in [6, 6.07) is 9.25. The summed E-state index contributed by atoms with van der Waals surface area (Å²) in [6.07, 6.45) is 0.509. The van der Waals surface area contributed by atoms with Gasteiger partial charge in [0.1, 0.15) is 0 Å². The Morgan fingerprint density at radius 3 is 2.33 bits per heavy atom. The van der Waals surface area contributed by atoms with Crippen LogP contribution in [0.15, 0.2) is 30.3 Å². The van der Waals surface area contributed by atoms with Gasteiger partial charge in [0.05, 0.1) is 12.1 Å². The van der Waals surface area contributed by atoms with E-state index in [1.165, 1.54) is 0 Å². The first kappa shape index (κ1) is 19.9. The molecular formula is C16H27ClN2O2. The lowest BCUT2D eigenvalue weighted by Crippen LogP contribution is -2.47. The molecule has 2 atom stereocenters. The number of methoxy groups -OCH3 is 1. The molecule has 0 heterocycles. The van der Waals surface area contributed by atoms with Gasteiger partial charge >= 0.3 is 0 Å². The van der Waals surface area contributed by atoms with Crippen LogP contribution in [0.4, 0.5) is 0 Å². The number of ether oxygens (including phenoxy) is 1. The van der Waals surface area contributed by atoms with Crippen LogP contribution in [-0.2, 0) is 16.0 Å². The van der Waals surface area contributed by atoms with Crippen LogP contribution in [0.25, 0.3) is 0 Å². The van der Waals surface area contributed by atoms with Crippen molar-refractivity contribution in [1.82, 2.24) is 5.32 Å². The van der Waals surface area contributed by atoms with Crippen molar-refractivity contribution in [1.29, 1.82) is 0 Å². The van der Waals surface area contributed by atoms with Gasteiger partial charge in [-0.1, -0.05) is 51.1 Å². The van der Waals surface area contributed by atoms with Gasteiger partial charge < -0.3 is 15.8 Å². The highest BCUT2D eigenvalue weighted by Gasteiger charge is 2.25. The molecule has 1 aromatic carbocycles. The summed E-state index contributed by atoms with van der Waals surface area (Å²) in [5, 5.41) is 2.87. The van der Waals surface area contributed by atoms with Crippen LogP contribution >= 0.6 is 12.4 Å². The minimum atomic E-state index is -0.533. The van der Waals surface area contributed by atoms with Gasteiger partial charge in [-0.2, -0.15) is 0 Å². The second-order valence-electron chi connectivity index (χ2n) is 6.13. The minimum Gasteiger partial charge on any atom is -0.379 e. The quantitative estimate of drug-likeness (QED) is 0.845. The zero-order valence-corrected chi connectivity index (χ0v) is 14.1. The monoisotopic (exact) mass is 314 g/mol. The zero-order valence-electron chi connectivity index (χ0n) is 13.3. The predicted molar refractivity (Wildman–Crippen MR) is 88.6 cm³/mol. The van der Waals surface area contributed by atoms with Gasteiger partial charge in [0.15, 0.2) is 0 Å². The van der Waals surface area contributed by atoms with Crippen LogP contribution in [0, 0.1) is 5.41 Å². The fraction of sp³-hybridized carbons (Fsp3) is 0.562. The summed E-state index contributed by atoms with van der Waals surface area (Å²) in [7, 11) is 1.66. The second-order valence-corrected chi connectivity index (χ2v) is 6.13. The number of rotatable bonds is 6. The summed E-state index contributed by atoms with van der Waals surface area (Å²) in [6.45, 7) is 6.72. The number of amides is 1. The summed E-state index contributed by atoms with van der Waals surface area (Å²) in [5.74, 6) is -0.139. The molecule has 5 heteroatoms. The fourth-order valence-electron chi connectivity index (χ4n) is 2.03. The molecule has 0 saturated heterocycles. The van der Waals surface area contributed by atoms with Crippen molar-refractivity contribution < 1.29 is 9.53 Å². The maximum atomic E-state index is 12.0. The first-order valence-corrected chi connectivity index (χ1v) is 6.94. The molecular weight excluding hydrogens is 288 g/mol. The largest absolute Gasteiger partial charge is 0.379 e. The molecule has 120 valence electrons. The molecule has 0 spiro atoms. The maximum absolute atomic E-state index is 12.0. The molecule has 1 unspecified atom stereocenters. The van der Waals surface area contributed by atoms with E-state index < -0.39 is 6.04 Å². The minimum absolute atomic E-state index is 0. The molecule has 0 aromatic heterocycles. The van der Waals surface area contributed by atoms with Gasteiger partial charge in [0.2, 0.25) is 5.91 Å². The third-order valence-electron chi connectivity index (χ3n) is 3.35. The molecule has 1 aromatic rings. The van der Waals surface area contributed by atoms with E-state index in [4.69, 9.17) is 10.5 Å². The molecule has 0 radical (unpaired) electrons. The van der Waals surface area contributed by atoms with Crippen LogP contribution in [-0.4, -0.2) is 31.7 Å². The standard InChI is InChI=1S/C16H26N2O2.ClH/c1-16(2,3)14(20-4)11-18-15(19)13(17)10-12-8-6-5-7-9-12;/h5-9,13-14H,10-11,17H2,1-4H3,(H,18,19);1H/t13-,14?;/m0./s1. The number of nitrogens with one attached hydrogen (secondary N) is 1. The molecule has 0 aliphatic heterocycles. The van der Waals surface area contributed by atoms with Gasteiger partial charge in [-0.05, 0) is 17.4 Å². The van der Waals surface area contributed by atoms with Crippen molar-refractivity contribution in [2.45, 2.75) is 39.3 Å². The molecule has 1 rings (SSSR count). The number of hydrogen-bond donors (Lipinski definition) is 2. The predicted octanol–water partition coefficient (Wildman–Crippen LogP) is 2.16. The van der Waals surface area contributed by atoms with Crippen LogP contribution in [0.1, 0.15) is 26.3 Å². The van der Waals surface area contributed by atoms with E-state index in [-0.39, 0.29) is 29.8 Å². The van der Waals surface area contributed by atoms with E-state index in [1.54, 1.807) is 7.11 Å². The van der Waals surface area contributed by atoms with Crippen molar-refractivity contribution in [3.8, 4) is 0 Å². The average Bonchev–Trinajstić information content (AvgIpc) is 2.38. The Labute approximate surface area is 133 Å². The van der Waals surface area contributed by atoms with Crippen molar-refractivity contribution >= 4 is 18.3 Å². The smallest absolute Gasteiger partial charge is 0.237 e. The van der Waals surface area contributed by atoms with Crippen LogP contribution in [0.5, 0.6) is 0 Å². The van der Waals surface area contributed by atoms with Crippen LogP contribution in [0.3, 0.4) is 0 Å². The molecule has 0 aliphatic rings. The summed E-state index contributed by atoms with van der Waals surface area (Å²) < 4.78 is 5.41. The zero-order chi connectivity index (χ0) is 15.2. The van der Waals surface area contributed by atoms with E-state index in [2.05, 4.69) is 26.1 Å². The third-order valence-corrected chi connectivity index (χ3v) is 3.35. The Morgan fingerprint density at radius 1 is 1.29 bits per heavy atom. The Balaban J connectivity index is 0.00000400. The summed E-state index contributed by atoms with van der Waals surface area (Å²) in [5.41, 5.74) is 6.97. The average molecular weight is 315 g/mol. The summed E-state index contributed by atoms with van der Waals surface area (Å²) >= 11 is 0. The highest BCUT2D eigenvalue weighted by atomic mass is 35.5. The normalized spacial score (nSPS) is 14.0. The number of carbonyl (C=O) groups is 1. The van der Waals surface area contributed by atoms with E-state index in [1.807, 2.05) is 30.3 Å². The lowest BCUT2D eigenvalue weighted by Gasteiger charge is -2.29. The fourth-order valence-corrected chi connectivity index (χ4v) is 2.03. The van der Waals surface area contributed by atoms with Gasteiger partial charge in [0.25, 0.3) is 0 Å². The number of nitrogens with two attached hydrogens (primary N) is 1. The molecule has 0 aliphatic carbocycles. The van der Waals surface area contributed by atoms with Crippen molar-refractivity contribution in [3.05, 3.63) is 35.9 Å². The third kappa shape index (κ3) is 6.93. The lowest BCUT2D eigenvalue weighted by molar-refractivity contribution is -0.123. The molecule has 21 heavy (non-hydrogen) atoms. The van der Waals surface area contributed by atoms with Gasteiger partial charge in [0, 0.05) is 13.7 Å². The Morgan fingerprint density at radius 2 is 1.86 bits per heavy atom. The number of halogens is 1. The van der Waals surface area contributed by atoms with E-state index in [0.717, 1.165) is 5.56 Å². The molecule has 0 bridgehead atoms. The number of carbonyl (C=O) groups excluding carboxylic acids is 1. The van der Waals surface area contributed by atoms with Gasteiger partial charge in [-0.15, -0.1) is 12.4 Å². The highest BCUT2D eigenvalue weighted by Crippen LogP contribution is 2.20. The van der Waals surface area contributed by atoms with Crippen molar-refractivity contribution in [2.24, 2.45) is 11.1 Å². The molecule has 1 amide bonds. The summed E-state index contributed by atoms with van der Waals surface area (Å²) in [4.78, 5) is 12.0.